The number of anilines is 1. The molecule has 2 aliphatic rings. The summed E-state index contributed by atoms with van der Waals surface area (Å²) in [5, 5.41) is 0. The summed E-state index contributed by atoms with van der Waals surface area (Å²) in [6.45, 7) is 6.55. The standard InChI is InChI=1S/C38H48N6O4S/c1-27-23-32(47-5)24-28(2)36(27)49(45,46)44-31(25-29-11-9-10-14-35(29)44)26-48-37-40-19-15-34(41-37)33(39)16-20-43-21-17-38(18-22-43,42(3)4)30-12-7-6-8-13-30/h6-15,19,23-24,31,33H,16-18,20-22,25-26,39H2,1-5H3/t31-,33?/m0/s1. The molecule has 0 saturated carbocycles. The van der Waals surface area contributed by atoms with Crippen LogP contribution in [-0.4, -0.2) is 81.7 Å². The SMILES string of the molecule is COc1cc(C)c(S(=O)(=O)N2c3ccccc3C[C@H]2COc2nccc(C(N)CCN3CCC(c4ccccc4)(N(C)C)CC3)n2)c(C)c1. The molecule has 10 nitrogen and oxygen atoms in total. The van der Waals surface area contributed by atoms with Gasteiger partial charge in [-0.25, -0.2) is 13.4 Å². The molecule has 0 amide bonds. The predicted molar refractivity (Wildman–Crippen MR) is 193 cm³/mol. The number of fused-ring (bicyclic) bond motifs is 1. The third kappa shape index (κ3) is 7.03. The van der Waals surface area contributed by atoms with Crippen molar-refractivity contribution in [2.75, 3.05) is 51.8 Å². The monoisotopic (exact) mass is 684 g/mol. The van der Waals surface area contributed by atoms with Gasteiger partial charge in [0.25, 0.3) is 10.0 Å². The molecule has 2 atom stereocenters. The maximum absolute atomic E-state index is 14.3. The summed E-state index contributed by atoms with van der Waals surface area (Å²) in [6, 6.07) is 23.2. The molecule has 3 heterocycles. The Bertz CT molecular complexity index is 1840. The number of piperidine rings is 1. The zero-order chi connectivity index (χ0) is 34.8. The highest BCUT2D eigenvalue weighted by molar-refractivity contribution is 7.93. The van der Waals surface area contributed by atoms with Crippen LogP contribution in [0.25, 0.3) is 0 Å². The van der Waals surface area contributed by atoms with Gasteiger partial charge in [0.15, 0.2) is 0 Å². The Morgan fingerprint density at radius 3 is 2.35 bits per heavy atom. The lowest BCUT2D eigenvalue weighted by Crippen LogP contribution is -2.50. The number of para-hydroxylation sites is 1. The first-order valence-electron chi connectivity index (χ1n) is 17.0. The summed E-state index contributed by atoms with van der Waals surface area (Å²) in [5.74, 6) is 0.622. The van der Waals surface area contributed by atoms with Crippen molar-refractivity contribution in [3.05, 3.63) is 107 Å². The molecule has 260 valence electrons. The van der Waals surface area contributed by atoms with E-state index in [1.54, 1.807) is 39.3 Å². The van der Waals surface area contributed by atoms with Crippen LogP contribution in [0.5, 0.6) is 11.8 Å². The highest BCUT2D eigenvalue weighted by atomic mass is 32.2. The predicted octanol–water partition coefficient (Wildman–Crippen LogP) is 5.24. The van der Waals surface area contributed by atoms with Crippen LogP contribution < -0.4 is 19.5 Å². The topological polar surface area (TPSA) is 114 Å². The number of nitrogens with zero attached hydrogens (tertiary/aromatic N) is 5. The van der Waals surface area contributed by atoms with Crippen LogP contribution in [0.15, 0.2) is 83.9 Å². The number of rotatable bonds is 12. The molecule has 0 bridgehead atoms. The minimum atomic E-state index is -3.93. The van der Waals surface area contributed by atoms with Crippen molar-refractivity contribution in [3.63, 3.8) is 0 Å². The zero-order valence-corrected chi connectivity index (χ0v) is 30.0. The molecule has 3 aromatic carbocycles. The summed E-state index contributed by atoms with van der Waals surface area (Å²) < 4.78 is 41.7. The Hall–Kier alpha value is -4.03. The molecule has 0 radical (unpaired) electrons. The van der Waals surface area contributed by atoms with Gasteiger partial charge in [0, 0.05) is 30.9 Å². The molecular weight excluding hydrogens is 637 g/mol. The number of ether oxygens (including phenoxy) is 2. The molecule has 1 unspecified atom stereocenters. The molecule has 6 rings (SSSR count). The average Bonchev–Trinajstić information content (AvgIpc) is 3.49. The fourth-order valence-corrected chi connectivity index (χ4v) is 9.67. The van der Waals surface area contributed by atoms with Crippen LogP contribution >= 0.6 is 0 Å². The number of hydrogen-bond donors (Lipinski definition) is 1. The molecule has 11 heteroatoms. The minimum Gasteiger partial charge on any atom is -0.497 e. The third-order valence-electron chi connectivity index (χ3n) is 10.2. The largest absolute Gasteiger partial charge is 0.497 e. The molecule has 1 saturated heterocycles. The normalized spacial score (nSPS) is 18.3. The highest BCUT2D eigenvalue weighted by Crippen LogP contribution is 2.40. The Balaban J connectivity index is 1.11. The van der Waals surface area contributed by atoms with E-state index in [1.165, 1.54) is 9.87 Å². The van der Waals surface area contributed by atoms with Crippen LogP contribution in [-0.2, 0) is 22.0 Å². The molecule has 1 aromatic heterocycles. The fourth-order valence-electron chi connectivity index (χ4n) is 7.58. The van der Waals surface area contributed by atoms with Gasteiger partial charge in [0.1, 0.15) is 12.4 Å². The molecule has 4 aromatic rings. The number of methoxy groups -OCH3 is 1. The van der Waals surface area contributed by atoms with Crippen LogP contribution in [0, 0.1) is 13.8 Å². The lowest BCUT2D eigenvalue weighted by Gasteiger charge is -2.46. The number of hydrogen-bond acceptors (Lipinski definition) is 9. The first kappa shape index (κ1) is 34.8. The van der Waals surface area contributed by atoms with Crippen molar-refractivity contribution >= 4 is 15.7 Å². The second-order valence-corrected chi connectivity index (χ2v) is 15.2. The fraction of sp³-hybridized carbons (Fsp3) is 0.421. The number of likely N-dealkylation sites (tertiary alicyclic amines) is 1. The Morgan fingerprint density at radius 1 is 1.00 bits per heavy atom. The Labute approximate surface area is 290 Å². The quantitative estimate of drug-likeness (QED) is 0.214. The summed E-state index contributed by atoms with van der Waals surface area (Å²) in [7, 11) is 2.00. The maximum atomic E-state index is 14.3. The van der Waals surface area contributed by atoms with Gasteiger partial charge in [-0.3, -0.25) is 9.21 Å². The van der Waals surface area contributed by atoms with E-state index in [0.717, 1.165) is 44.5 Å². The Morgan fingerprint density at radius 2 is 1.67 bits per heavy atom. The molecule has 0 spiro atoms. The van der Waals surface area contributed by atoms with Gasteiger partial charge in [-0.05, 0) is 107 Å². The number of aryl methyl sites for hydroxylation is 2. The van der Waals surface area contributed by atoms with Crippen molar-refractivity contribution in [1.82, 2.24) is 19.8 Å². The second-order valence-electron chi connectivity index (χ2n) is 13.5. The number of nitrogens with two attached hydrogens (primary N) is 1. The second kappa shape index (κ2) is 14.4. The summed E-state index contributed by atoms with van der Waals surface area (Å²) in [6.07, 6.45) is 5.03. The number of aromatic nitrogens is 2. The highest BCUT2D eigenvalue weighted by Gasteiger charge is 2.41. The van der Waals surface area contributed by atoms with Crippen LogP contribution in [0.4, 0.5) is 5.69 Å². The van der Waals surface area contributed by atoms with E-state index in [9.17, 15) is 8.42 Å². The Kier molecular flexibility index (Phi) is 10.3. The van der Waals surface area contributed by atoms with E-state index in [2.05, 4.69) is 64.2 Å². The van der Waals surface area contributed by atoms with Gasteiger partial charge in [-0.1, -0.05) is 48.5 Å². The first-order valence-corrected chi connectivity index (χ1v) is 18.4. The molecular formula is C38H48N6O4S. The van der Waals surface area contributed by atoms with Crippen LogP contribution in [0.1, 0.15) is 53.3 Å². The van der Waals surface area contributed by atoms with E-state index in [4.69, 9.17) is 15.2 Å². The van der Waals surface area contributed by atoms with E-state index >= 15 is 0 Å². The van der Waals surface area contributed by atoms with Crippen LogP contribution in [0.2, 0.25) is 0 Å². The van der Waals surface area contributed by atoms with Gasteiger partial charge in [0.05, 0.1) is 29.4 Å². The van der Waals surface area contributed by atoms with Crippen molar-refractivity contribution in [2.24, 2.45) is 5.73 Å². The number of sulfonamides is 1. The van der Waals surface area contributed by atoms with Gasteiger partial charge in [-0.2, -0.15) is 4.98 Å². The molecule has 1 fully saturated rings. The van der Waals surface area contributed by atoms with E-state index in [1.807, 2.05) is 30.3 Å². The van der Waals surface area contributed by atoms with Crippen LogP contribution in [0.3, 0.4) is 0 Å². The van der Waals surface area contributed by atoms with Crippen molar-refractivity contribution < 1.29 is 17.9 Å². The minimum absolute atomic E-state index is 0.0423. The van der Waals surface area contributed by atoms with Gasteiger partial charge in [-0.15, -0.1) is 0 Å². The summed E-state index contributed by atoms with van der Waals surface area (Å²) in [4.78, 5) is 14.1. The van der Waals surface area contributed by atoms with E-state index in [-0.39, 0.29) is 29.1 Å². The molecule has 49 heavy (non-hydrogen) atoms. The van der Waals surface area contributed by atoms with Crippen molar-refractivity contribution in [3.8, 4) is 11.8 Å². The third-order valence-corrected chi connectivity index (χ3v) is 12.4. The van der Waals surface area contributed by atoms with Crippen molar-refractivity contribution in [1.29, 1.82) is 0 Å². The lowest BCUT2D eigenvalue weighted by molar-refractivity contribution is 0.0527. The zero-order valence-electron chi connectivity index (χ0n) is 29.2. The number of benzene rings is 3. The van der Waals surface area contributed by atoms with E-state index in [0.29, 0.717) is 34.7 Å². The van der Waals surface area contributed by atoms with E-state index < -0.39 is 16.1 Å². The molecule has 2 N–H and O–H groups in total. The first-order chi connectivity index (χ1) is 23.5. The van der Waals surface area contributed by atoms with Gasteiger partial charge >= 0.3 is 6.01 Å². The average molecular weight is 685 g/mol. The summed E-state index contributed by atoms with van der Waals surface area (Å²) in [5.41, 5.74) is 11.7. The van der Waals surface area contributed by atoms with Crippen molar-refractivity contribution in [2.45, 2.75) is 62.0 Å². The molecule has 2 aliphatic heterocycles. The van der Waals surface area contributed by atoms with Gasteiger partial charge in [0.2, 0.25) is 0 Å². The van der Waals surface area contributed by atoms with Gasteiger partial charge < -0.3 is 20.1 Å². The smallest absolute Gasteiger partial charge is 0.316 e. The molecule has 0 aliphatic carbocycles. The maximum Gasteiger partial charge on any atom is 0.316 e. The summed E-state index contributed by atoms with van der Waals surface area (Å²) >= 11 is 0. The lowest BCUT2D eigenvalue weighted by atomic mass is 9.79.